The Morgan fingerprint density at radius 1 is 1.29 bits per heavy atom. The topological polar surface area (TPSA) is 101 Å². The van der Waals surface area contributed by atoms with Crippen LogP contribution in [0.15, 0.2) is 41.3 Å². The Labute approximate surface area is 211 Å². The van der Waals surface area contributed by atoms with Crippen molar-refractivity contribution in [3.05, 3.63) is 58.1 Å². The maximum Gasteiger partial charge on any atom is 0.274 e. The molecule has 6 rings (SSSR count). The number of benzene rings is 1. The molecule has 2 N–H and O–H groups in total. The minimum atomic E-state index is -0.674. The molecule has 10 heteroatoms. The van der Waals surface area contributed by atoms with E-state index in [1.54, 1.807) is 21.7 Å². The number of aliphatic hydroxyl groups is 1. The first-order chi connectivity index (χ1) is 17.0. The Balaban J connectivity index is 1.18. The van der Waals surface area contributed by atoms with Crippen LogP contribution in [0.5, 0.6) is 5.88 Å². The molecule has 5 heterocycles. The molecule has 0 saturated carbocycles. The summed E-state index contributed by atoms with van der Waals surface area (Å²) in [4.78, 5) is 24.0. The fourth-order valence-electron chi connectivity index (χ4n) is 5.40. The largest absolute Gasteiger partial charge is 0.472 e. The molecule has 1 unspecified atom stereocenters. The standard InChI is InChI=1S/C25H28BrN5O4/c26-21-14-31-12-19(28-22(31)23(29-21)35-15-18-6-3-9-34-18)24(33)30-8-7-25(20(32)13-30)10-16-4-1-2-5-17(16)11-27-25/h1-2,4-5,12,14,18,20,27,32H,3,6-11,13,15H2/t18?,20-,25+/m1/s1. The van der Waals surface area contributed by atoms with Gasteiger partial charge in [0.05, 0.1) is 17.7 Å². The van der Waals surface area contributed by atoms with Crippen molar-refractivity contribution < 1.29 is 19.4 Å². The number of aliphatic hydroxyl groups excluding tert-OH is 1. The van der Waals surface area contributed by atoms with Gasteiger partial charge in [-0.15, -0.1) is 0 Å². The summed E-state index contributed by atoms with van der Waals surface area (Å²) in [6.45, 7) is 2.67. The average molecular weight is 542 g/mol. The quantitative estimate of drug-likeness (QED) is 0.522. The number of imidazole rings is 1. The lowest BCUT2D eigenvalue weighted by molar-refractivity contribution is -0.0140. The number of likely N-dealkylation sites (tertiary alicyclic amines) is 1. The van der Waals surface area contributed by atoms with Gasteiger partial charge in [0.25, 0.3) is 11.8 Å². The number of halogens is 1. The number of nitrogens with zero attached hydrogens (tertiary/aromatic N) is 4. The second-order valence-corrected chi connectivity index (χ2v) is 10.5. The molecule has 3 atom stereocenters. The number of ether oxygens (including phenoxy) is 2. The van der Waals surface area contributed by atoms with Crippen LogP contribution in [0, 0.1) is 0 Å². The highest BCUT2D eigenvalue weighted by atomic mass is 79.9. The number of carbonyl (C=O) groups excluding carboxylic acids is 1. The molecule has 2 aromatic heterocycles. The maximum absolute atomic E-state index is 13.4. The molecular weight excluding hydrogens is 514 g/mol. The number of aromatic nitrogens is 3. The van der Waals surface area contributed by atoms with E-state index in [-0.39, 0.29) is 18.6 Å². The van der Waals surface area contributed by atoms with E-state index in [0.717, 1.165) is 32.4 Å². The molecule has 184 valence electrons. The molecular formula is C25H28BrN5O4. The number of piperidine rings is 1. The van der Waals surface area contributed by atoms with E-state index < -0.39 is 11.6 Å². The van der Waals surface area contributed by atoms with E-state index in [0.29, 0.717) is 41.4 Å². The van der Waals surface area contributed by atoms with E-state index >= 15 is 0 Å². The van der Waals surface area contributed by atoms with Crippen molar-refractivity contribution in [1.29, 1.82) is 0 Å². The predicted molar refractivity (Wildman–Crippen MR) is 131 cm³/mol. The summed E-state index contributed by atoms with van der Waals surface area (Å²) in [6.07, 6.45) is 6.23. The van der Waals surface area contributed by atoms with Crippen LogP contribution in [-0.4, -0.2) is 74.3 Å². The number of hydrogen-bond acceptors (Lipinski definition) is 7. The number of nitrogens with one attached hydrogen (secondary N) is 1. The Morgan fingerprint density at radius 3 is 2.94 bits per heavy atom. The van der Waals surface area contributed by atoms with E-state index in [1.807, 2.05) is 12.1 Å². The molecule has 1 aromatic carbocycles. The van der Waals surface area contributed by atoms with Gasteiger partial charge >= 0.3 is 0 Å². The monoisotopic (exact) mass is 541 g/mol. The SMILES string of the molecule is O=C(c1cn2cc(Br)nc(OCC3CCCO3)c2n1)N1CC[C@]2(Cc3ccccc3CN2)[C@H](O)C1. The van der Waals surface area contributed by atoms with Gasteiger partial charge in [0.15, 0.2) is 0 Å². The van der Waals surface area contributed by atoms with Crippen molar-refractivity contribution in [1.82, 2.24) is 24.6 Å². The molecule has 0 radical (unpaired) electrons. The van der Waals surface area contributed by atoms with Crippen LogP contribution in [0.1, 0.15) is 40.9 Å². The van der Waals surface area contributed by atoms with Crippen LogP contribution in [0.3, 0.4) is 0 Å². The van der Waals surface area contributed by atoms with Gasteiger partial charge < -0.3 is 24.8 Å². The Hall–Kier alpha value is -2.53. The van der Waals surface area contributed by atoms with Crippen molar-refractivity contribution in [2.75, 3.05) is 26.3 Å². The second kappa shape index (κ2) is 9.16. The van der Waals surface area contributed by atoms with Crippen molar-refractivity contribution in [2.24, 2.45) is 0 Å². The zero-order valence-electron chi connectivity index (χ0n) is 19.3. The molecule has 1 spiro atoms. The molecule has 35 heavy (non-hydrogen) atoms. The lowest BCUT2D eigenvalue weighted by Gasteiger charge is -2.48. The van der Waals surface area contributed by atoms with Gasteiger partial charge in [-0.2, -0.15) is 0 Å². The van der Waals surface area contributed by atoms with Crippen molar-refractivity contribution in [2.45, 2.75) is 50.0 Å². The Morgan fingerprint density at radius 2 is 2.14 bits per heavy atom. The van der Waals surface area contributed by atoms with E-state index in [9.17, 15) is 9.90 Å². The summed E-state index contributed by atoms with van der Waals surface area (Å²) in [5, 5.41) is 14.7. The lowest BCUT2D eigenvalue weighted by atomic mass is 9.76. The van der Waals surface area contributed by atoms with E-state index in [4.69, 9.17) is 9.47 Å². The van der Waals surface area contributed by atoms with E-state index in [1.165, 1.54) is 11.1 Å². The van der Waals surface area contributed by atoms with Gasteiger partial charge in [0.2, 0.25) is 5.65 Å². The van der Waals surface area contributed by atoms with Gasteiger partial charge in [-0.1, -0.05) is 24.3 Å². The molecule has 9 nitrogen and oxygen atoms in total. The fourth-order valence-corrected chi connectivity index (χ4v) is 5.78. The third kappa shape index (κ3) is 4.33. The first-order valence-corrected chi connectivity index (χ1v) is 12.9. The zero-order valence-corrected chi connectivity index (χ0v) is 20.9. The molecule has 2 saturated heterocycles. The van der Waals surface area contributed by atoms with E-state index in [2.05, 4.69) is 43.3 Å². The highest BCUT2D eigenvalue weighted by Gasteiger charge is 2.45. The molecule has 2 fully saturated rings. The minimum absolute atomic E-state index is 0.0504. The summed E-state index contributed by atoms with van der Waals surface area (Å²) < 4.78 is 13.9. The number of rotatable bonds is 4. The summed E-state index contributed by atoms with van der Waals surface area (Å²) >= 11 is 3.41. The van der Waals surface area contributed by atoms with Crippen LogP contribution < -0.4 is 10.1 Å². The highest BCUT2D eigenvalue weighted by Crippen LogP contribution is 2.33. The smallest absolute Gasteiger partial charge is 0.274 e. The molecule has 3 aromatic rings. The van der Waals surface area contributed by atoms with Crippen LogP contribution in [0.2, 0.25) is 0 Å². The highest BCUT2D eigenvalue weighted by molar-refractivity contribution is 9.10. The normalized spacial score (nSPS) is 26.3. The molecule has 1 amide bonds. The first kappa shape index (κ1) is 22.9. The summed E-state index contributed by atoms with van der Waals surface area (Å²) in [5.74, 6) is 0.150. The number of hydrogen-bond donors (Lipinski definition) is 2. The van der Waals surface area contributed by atoms with Crippen molar-refractivity contribution >= 4 is 27.5 Å². The molecule has 0 aliphatic carbocycles. The second-order valence-electron chi connectivity index (χ2n) is 9.64. The third-order valence-electron chi connectivity index (χ3n) is 7.43. The van der Waals surface area contributed by atoms with Gasteiger partial charge in [0, 0.05) is 38.6 Å². The van der Waals surface area contributed by atoms with Crippen LogP contribution in [-0.2, 0) is 17.7 Å². The predicted octanol–water partition coefficient (Wildman–Crippen LogP) is 2.34. The zero-order chi connectivity index (χ0) is 24.0. The van der Waals surface area contributed by atoms with Gasteiger partial charge in [-0.25, -0.2) is 9.97 Å². The first-order valence-electron chi connectivity index (χ1n) is 12.1. The van der Waals surface area contributed by atoms with Gasteiger partial charge in [-0.3, -0.25) is 9.20 Å². The summed E-state index contributed by atoms with van der Waals surface area (Å²) in [6, 6.07) is 8.33. The average Bonchev–Trinajstić information content (AvgIpc) is 3.54. The van der Waals surface area contributed by atoms with Crippen LogP contribution >= 0.6 is 15.9 Å². The number of carbonyl (C=O) groups is 1. The summed E-state index contributed by atoms with van der Waals surface area (Å²) in [7, 11) is 0. The lowest BCUT2D eigenvalue weighted by Crippen LogP contribution is -2.65. The van der Waals surface area contributed by atoms with Crippen LogP contribution in [0.4, 0.5) is 0 Å². The number of amides is 1. The number of β-amino-alcohol motifs (C(OH)–C–C–N with tert-alkyl or cyclic N) is 1. The fraction of sp³-hybridized carbons (Fsp3) is 0.480. The van der Waals surface area contributed by atoms with Crippen LogP contribution in [0.25, 0.3) is 5.65 Å². The molecule has 3 aliphatic rings. The summed E-state index contributed by atoms with van der Waals surface area (Å²) in [5.41, 5.74) is 2.90. The molecule has 3 aliphatic heterocycles. The van der Waals surface area contributed by atoms with Crippen molar-refractivity contribution in [3.63, 3.8) is 0 Å². The maximum atomic E-state index is 13.4. The third-order valence-corrected chi connectivity index (χ3v) is 7.81. The van der Waals surface area contributed by atoms with Crippen molar-refractivity contribution in [3.8, 4) is 5.88 Å². The Bertz CT molecular complexity index is 1260. The Kier molecular flexibility index (Phi) is 6.00. The van der Waals surface area contributed by atoms with Gasteiger partial charge in [0.1, 0.15) is 16.9 Å². The molecule has 0 bridgehead atoms. The van der Waals surface area contributed by atoms with Gasteiger partial charge in [-0.05, 0) is 52.7 Å². The minimum Gasteiger partial charge on any atom is -0.472 e. The number of fused-ring (bicyclic) bond motifs is 2.